The van der Waals surface area contributed by atoms with Gasteiger partial charge in [0.2, 0.25) is 5.91 Å². The Morgan fingerprint density at radius 3 is 3.11 bits per heavy atom. The van der Waals surface area contributed by atoms with E-state index < -0.39 is 0 Å². The van der Waals surface area contributed by atoms with E-state index in [1.807, 2.05) is 24.3 Å². The highest BCUT2D eigenvalue weighted by Crippen LogP contribution is 2.06. The predicted octanol–water partition coefficient (Wildman–Crippen LogP) is 0.438. The fourth-order valence-corrected chi connectivity index (χ4v) is 2.04. The summed E-state index contributed by atoms with van der Waals surface area (Å²) in [5.74, 6) is -0.0168. The molecule has 1 aliphatic rings. The monoisotopic (exact) mass is 264 g/mol. The molecule has 0 spiro atoms. The van der Waals surface area contributed by atoms with Crippen molar-refractivity contribution in [3.63, 3.8) is 0 Å². The van der Waals surface area contributed by atoms with E-state index in [1.165, 1.54) is 0 Å². The van der Waals surface area contributed by atoms with Gasteiger partial charge in [-0.25, -0.2) is 0 Å². The van der Waals surface area contributed by atoms with Gasteiger partial charge in [0.1, 0.15) is 6.04 Å². The second-order valence-corrected chi connectivity index (χ2v) is 4.55. The van der Waals surface area contributed by atoms with Crippen molar-refractivity contribution < 1.29 is 14.3 Å². The molecule has 1 aliphatic heterocycles. The molecule has 5 heteroatoms. The topological polar surface area (TPSA) is 59.6 Å². The Kier molecular flexibility index (Phi) is 5.32. The second-order valence-electron chi connectivity index (χ2n) is 4.55. The van der Waals surface area contributed by atoms with E-state index in [4.69, 9.17) is 9.47 Å². The lowest BCUT2D eigenvalue weighted by Gasteiger charge is -2.22. The maximum Gasteiger partial charge on any atom is 0.239 e. The molecule has 104 valence electrons. The highest BCUT2D eigenvalue weighted by atomic mass is 16.5. The van der Waals surface area contributed by atoms with Crippen molar-refractivity contribution in [2.24, 2.45) is 0 Å². The molecule has 0 aromatic heterocycles. The Balaban J connectivity index is 1.83. The highest BCUT2D eigenvalue weighted by Gasteiger charge is 2.20. The quantitative estimate of drug-likeness (QED) is 0.810. The summed E-state index contributed by atoms with van der Waals surface area (Å²) < 4.78 is 10.4. The SMILES string of the molecule is COCc1cccc(CNC(=O)C2COCCN2)c1. The third-order valence-corrected chi connectivity index (χ3v) is 3.01. The van der Waals surface area contributed by atoms with Crippen LogP contribution < -0.4 is 10.6 Å². The minimum Gasteiger partial charge on any atom is -0.380 e. The number of morpholine rings is 1. The van der Waals surface area contributed by atoms with Crippen molar-refractivity contribution >= 4 is 5.91 Å². The summed E-state index contributed by atoms with van der Waals surface area (Å²) in [6.45, 7) is 2.94. The molecule has 1 amide bonds. The van der Waals surface area contributed by atoms with E-state index in [2.05, 4.69) is 10.6 Å². The zero-order valence-corrected chi connectivity index (χ0v) is 11.1. The van der Waals surface area contributed by atoms with Crippen LogP contribution in [0.15, 0.2) is 24.3 Å². The second kappa shape index (κ2) is 7.23. The third kappa shape index (κ3) is 4.31. The van der Waals surface area contributed by atoms with Crippen molar-refractivity contribution in [2.45, 2.75) is 19.2 Å². The first-order valence-electron chi connectivity index (χ1n) is 6.45. The summed E-state index contributed by atoms with van der Waals surface area (Å²) in [7, 11) is 1.67. The number of carbonyl (C=O) groups excluding carboxylic acids is 1. The van der Waals surface area contributed by atoms with Crippen LogP contribution in [0.2, 0.25) is 0 Å². The van der Waals surface area contributed by atoms with Gasteiger partial charge < -0.3 is 20.1 Å². The van der Waals surface area contributed by atoms with E-state index in [1.54, 1.807) is 7.11 Å². The van der Waals surface area contributed by atoms with Gasteiger partial charge in [-0.15, -0.1) is 0 Å². The number of ether oxygens (including phenoxy) is 2. The summed E-state index contributed by atoms with van der Waals surface area (Å²) in [5.41, 5.74) is 2.17. The molecule has 0 radical (unpaired) electrons. The molecule has 2 N–H and O–H groups in total. The van der Waals surface area contributed by atoms with Crippen LogP contribution in [0.3, 0.4) is 0 Å². The first-order valence-corrected chi connectivity index (χ1v) is 6.45. The maximum atomic E-state index is 11.9. The van der Waals surface area contributed by atoms with E-state index in [0.717, 1.165) is 17.7 Å². The molecule has 0 saturated carbocycles. The Bertz CT molecular complexity index is 417. The van der Waals surface area contributed by atoms with Crippen LogP contribution in [0.4, 0.5) is 0 Å². The average molecular weight is 264 g/mol. The molecule has 1 fully saturated rings. The molecule has 19 heavy (non-hydrogen) atoms. The van der Waals surface area contributed by atoms with Crippen LogP contribution >= 0.6 is 0 Å². The smallest absolute Gasteiger partial charge is 0.239 e. The lowest BCUT2D eigenvalue weighted by Crippen LogP contribution is -2.51. The normalized spacial score (nSPS) is 19.1. The van der Waals surface area contributed by atoms with Gasteiger partial charge in [0, 0.05) is 20.2 Å². The van der Waals surface area contributed by atoms with Crippen LogP contribution in [-0.4, -0.2) is 38.8 Å². The summed E-state index contributed by atoms with van der Waals surface area (Å²) in [6.07, 6.45) is 0. The van der Waals surface area contributed by atoms with E-state index in [9.17, 15) is 4.79 Å². The Morgan fingerprint density at radius 1 is 1.53 bits per heavy atom. The Morgan fingerprint density at radius 2 is 2.37 bits per heavy atom. The number of benzene rings is 1. The number of hydrogen-bond acceptors (Lipinski definition) is 4. The third-order valence-electron chi connectivity index (χ3n) is 3.01. The molecule has 1 unspecified atom stereocenters. The number of carbonyl (C=O) groups is 1. The molecule has 5 nitrogen and oxygen atoms in total. The Labute approximate surface area is 113 Å². The molecule has 2 rings (SSSR count). The van der Waals surface area contributed by atoms with Crippen molar-refractivity contribution in [2.75, 3.05) is 26.9 Å². The summed E-state index contributed by atoms with van der Waals surface area (Å²) in [5, 5.41) is 6.05. The van der Waals surface area contributed by atoms with Gasteiger partial charge in [0.25, 0.3) is 0 Å². The fourth-order valence-electron chi connectivity index (χ4n) is 2.04. The van der Waals surface area contributed by atoms with Crippen LogP contribution in [0, 0.1) is 0 Å². The maximum absolute atomic E-state index is 11.9. The molecule has 0 aliphatic carbocycles. The number of methoxy groups -OCH3 is 1. The number of nitrogens with one attached hydrogen (secondary N) is 2. The van der Waals surface area contributed by atoms with Crippen molar-refractivity contribution in [3.8, 4) is 0 Å². The van der Waals surface area contributed by atoms with Gasteiger partial charge >= 0.3 is 0 Å². The molecule has 1 aromatic carbocycles. The fraction of sp³-hybridized carbons (Fsp3) is 0.500. The van der Waals surface area contributed by atoms with Gasteiger partial charge in [-0.2, -0.15) is 0 Å². The molecular formula is C14H20N2O3. The molecule has 1 atom stereocenters. The molecule has 1 aromatic rings. The van der Waals surface area contributed by atoms with Gasteiger partial charge in [-0.05, 0) is 11.1 Å². The number of hydrogen-bond donors (Lipinski definition) is 2. The van der Waals surface area contributed by atoms with Gasteiger partial charge in [-0.1, -0.05) is 24.3 Å². The summed E-state index contributed by atoms with van der Waals surface area (Å²) in [6, 6.07) is 7.76. The number of rotatable bonds is 5. The Hall–Kier alpha value is -1.43. The summed E-state index contributed by atoms with van der Waals surface area (Å²) in [4.78, 5) is 11.9. The molecular weight excluding hydrogens is 244 g/mol. The van der Waals surface area contributed by atoms with E-state index in [-0.39, 0.29) is 11.9 Å². The minimum absolute atomic E-state index is 0.0168. The molecule has 1 saturated heterocycles. The van der Waals surface area contributed by atoms with Gasteiger partial charge in [-0.3, -0.25) is 4.79 Å². The zero-order chi connectivity index (χ0) is 13.5. The molecule has 0 bridgehead atoms. The van der Waals surface area contributed by atoms with Crippen LogP contribution in [-0.2, 0) is 27.4 Å². The van der Waals surface area contributed by atoms with Crippen LogP contribution in [0.25, 0.3) is 0 Å². The van der Waals surface area contributed by atoms with Crippen LogP contribution in [0.5, 0.6) is 0 Å². The van der Waals surface area contributed by atoms with Gasteiger partial charge in [0.05, 0.1) is 19.8 Å². The van der Waals surface area contributed by atoms with Gasteiger partial charge in [0.15, 0.2) is 0 Å². The van der Waals surface area contributed by atoms with Crippen LogP contribution in [0.1, 0.15) is 11.1 Å². The lowest BCUT2D eigenvalue weighted by molar-refractivity contribution is -0.126. The van der Waals surface area contributed by atoms with E-state index in [0.29, 0.717) is 26.4 Å². The van der Waals surface area contributed by atoms with Crippen molar-refractivity contribution in [1.29, 1.82) is 0 Å². The molecule has 1 heterocycles. The zero-order valence-electron chi connectivity index (χ0n) is 11.1. The largest absolute Gasteiger partial charge is 0.380 e. The summed E-state index contributed by atoms with van der Waals surface area (Å²) >= 11 is 0. The highest BCUT2D eigenvalue weighted by molar-refractivity contribution is 5.81. The predicted molar refractivity (Wildman–Crippen MR) is 71.6 cm³/mol. The first-order chi connectivity index (χ1) is 9.29. The minimum atomic E-state index is -0.240. The first kappa shape index (κ1) is 14.0. The standard InChI is InChI=1S/C14H20N2O3/c1-18-9-12-4-2-3-11(7-12)8-16-14(17)13-10-19-6-5-15-13/h2-4,7,13,15H,5-6,8-10H2,1H3,(H,16,17). The van der Waals surface area contributed by atoms with Crippen molar-refractivity contribution in [3.05, 3.63) is 35.4 Å². The van der Waals surface area contributed by atoms with Crippen molar-refractivity contribution in [1.82, 2.24) is 10.6 Å². The lowest BCUT2D eigenvalue weighted by atomic mass is 10.1. The average Bonchev–Trinajstić information content (AvgIpc) is 2.46. The number of amides is 1. The van der Waals surface area contributed by atoms with E-state index >= 15 is 0 Å².